The van der Waals surface area contributed by atoms with Gasteiger partial charge in [-0.25, -0.2) is 0 Å². The molecule has 6 nitrogen and oxygen atoms in total. The highest BCUT2D eigenvalue weighted by Gasteiger charge is 2.23. The predicted octanol–water partition coefficient (Wildman–Crippen LogP) is 2.61. The van der Waals surface area contributed by atoms with Gasteiger partial charge in [-0.1, -0.05) is 12.1 Å². The van der Waals surface area contributed by atoms with Crippen molar-refractivity contribution >= 4 is 33.4 Å². The molecule has 2 amide bonds. The van der Waals surface area contributed by atoms with E-state index >= 15 is 0 Å². The zero-order chi connectivity index (χ0) is 17.7. The number of benzene rings is 1. The Bertz CT molecular complexity index is 729. The van der Waals surface area contributed by atoms with Crippen molar-refractivity contribution in [2.45, 2.75) is 0 Å². The second-order valence-corrected chi connectivity index (χ2v) is 6.10. The third-order valence-electron chi connectivity index (χ3n) is 3.63. The Kier molecular flexibility index (Phi) is 6.16. The molecular weight excluding hydrogens is 374 g/mol. The molecule has 128 valence electrons. The number of anilines is 1. The number of rotatable bonds is 6. The van der Waals surface area contributed by atoms with Gasteiger partial charge in [-0.2, -0.15) is 0 Å². The first-order valence-corrected chi connectivity index (χ1v) is 8.27. The Morgan fingerprint density at radius 3 is 2.46 bits per heavy atom. The molecule has 1 N–H and O–H groups in total. The maximum Gasteiger partial charge on any atom is 0.293 e. The van der Waals surface area contributed by atoms with Gasteiger partial charge in [0.25, 0.3) is 11.8 Å². The third kappa shape index (κ3) is 4.04. The normalized spacial score (nSPS) is 10.5. The molecule has 0 aliphatic carbocycles. The van der Waals surface area contributed by atoms with Crippen molar-refractivity contribution < 1.29 is 14.0 Å². The van der Waals surface area contributed by atoms with E-state index in [2.05, 4.69) is 21.2 Å². The molecule has 0 atom stereocenters. The van der Waals surface area contributed by atoms with E-state index in [-0.39, 0.29) is 17.6 Å². The van der Waals surface area contributed by atoms with Crippen molar-refractivity contribution in [2.75, 3.05) is 39.1 Å². The molecule has 0 radical (unpaired) electrons. The first kappa shape index (κ1) is 18.2. The fourth-order valence-electron chi connectivity index (χ4n) is 2.24. The zero-order valence-electron chi connectivity index (χ0n) is 13.9. The SMILES string of the molecule is CNCCN(C)C(=O)c1ccccc1N(C)C(=O)c1ccc(Br)o1. The summed E-state index contributed by atoms with van der Waals surface area (Å²) in [4.78, 5) is 28.3. The van der Waals surface area contributed by atoms with E-state index in [1.54, 1.807) is 55.4 Å². The van der Waals surface area contributed by atoms with Gasteiger partial charge in [0.2, 0.25) is 0 Å². The van der Waals surface area contributed by atoms with Gasteiger partial charge >= 0.3 is 0 Å². The minimum atomic E-state index is -0.321. The monoisotopic (exact) mass is 393 g/mol. The molecule has 2 aromatic rings. The number of amides is 2. The number of furan rings is 1. The van der Waals surface area contributed by atoms with Gasteiger partial charge in [0.1, 0.15) is 0 Å². The Morgan fingerprint density at radius 1 is 1.12 bits per heavy atom. The lowest BCUT2D eigenvalue weighted by Gasteiger charge is -2.23. The zero-order valence-corrected chi connectivity index (χ0v) is 15.5. The van der Waals surface area contributed by atoms with Gasteiger partial charge in [-0.3, -0.25) is 9.59 Å². The van der Waals surface area contributed by atoms with E-state index in [9.17, 15) is 9.59 Å². The molecule has 0 spiro atoms. The smallest absolute Gasteiger partial charge is 0.293 e. The summed E-state index contributed by atoms with van der Waals surface area (Å²) in [6.07, 6.45) is 0. The highest BCUT2D eigenvalue weighted by Crippen LogP contribution is 2.24. The van der Waals surface area contributed by atoms with E-state index in [1.807, 2.05) is 7.05 Å². The van der Waals surface area contributed by atoms with Crippen molar-refractivity contribution in [1.29, 1.82) is 0 Å². The molecule has 1 heterocycles. The number of hydrogen-bond acceptors (Lipinski definition) is 4. The van der Waals surface area contributed by atoms with E-state index in [1.165, 1.54) is 4.90 Å². The fourth-order valence-corrected chi connectivity index (χ4v) is 2.54. The lowest BCUT2D eigenvalue weighted by Crippen LogP contribution is -2.34. The van der Waals surface area contributed by atoms with Gasteiger partial charge < -0.3 is 19.5 Å². The Balaban J connectivity index is 2.27. The topological polar surface area (TPSA) is 65.8 Å². The van der Waals surface area contributed by atoms with Crippen molar-refractivity contribution in [3.8, 4) is 0 Å². The Morgan fingerprint density at radius 2 is 1.83 bits per heavy atom. The summed E-state index contributed by atoms with van der Waals surface area (Å²) < 4.78 is 5.79. The van der Waals surface area contributed by atoms with Crippen LogP contribution in [0.5, 0.6) is 0 Å². The molecule has 0 saturated carbocycles. The molecule has 2 rings (SSSR count). The third-order valence-corrected chi connectivity index (χ3v) is 4.05. The van der Waals surface area contributed by atoms with Crippen LogP contribution in [-0.4, -0.2) is 50.9 Å². The summed E-state index contributed by atoms with van der Waals surface area (Å²) in [5.41, 5.74) is 1.01. The van der Waals surface area contributed by atoms with Crippen molar-refractivity contribution in [1.82, 2.24) is 10.2 Å². The molecule has 0 fully saturated rings. The number of nitrogens with one attached hydrogen (secondary N) is 1. The van der Waals surface area contributed by atoms with E-state index in [0.29, 0.717) is 29.0 Å². The number of likely N-dealkylation sites (N-methyl/N-ethyl adjacent to an activating group) is 2. The molecular formula is C17H20BrN3O3. The van der Waals surface area contributed by atoms with Crippen LogP contribution in [0.2, 0.25) is 0 Å². The average Bonchev–Trinajstić information content (AvgIpc) is 3.04. The number of halogens is 1. The predicted molar refractivity (Wildman–Crippen MR) is 96.5 cm³/mol. The van der Waals surface area contributed by atoms with Gasteiger partial charge in [0.15, 0.2) is 10.4 Å². The van der Waals surface area contributed by atoms with Crippen LogP contribution in [0.25, 0.3) is 0 Å². The number of hydrogen-bond donors (Lipinski definition) is 1. The van der Waals surface area contributed by atoms with Crippen LogP contribution in [0, 0.1) is 0 Å². The van der Waals surface area contributed by atoms with Crippen molar-refractivity contribution in [2.24, 2.45) is 0 Å². The molecule has 0 saturated heterocycles. The first-order chi connectivity index (χ1) is 11.5. The Labute approximate surface area is 149 Å². The summed E-state index contributed by atoms with van der Waals surface area (Å²) in [5.74, 6) is -0.255. The molecule has 0 bridgehead atoms. The van der Waals surface area contributed by atoms with Crippen molar-refractivity contribution in [3.05, 3.63) is 52.4 Å². The standard InChI is InChI=1S/C17H20BrN3O3/c1-19-10-11-20(2)16(22)12-6-4-5-7-13(12)21(3)17(23)14-8-9-15(18)24-14/h4-9,19H,10-11H2,1-3H3. The number of carbonyl (C=O) groups is 2. The second kappa shape index (κ2) is 8.12. The molecule has 7 heteroatoms. The molecule has 0 aliphatic rings. The molecule has 1 aromatic carbocycles. The summed E-state index contributed by atoms with van der Waals surface area (Å²) in [7, 11) is 5.20. The van der Waals surface area contributed by atoms with Crippen LogP contribution in [0.3, 0.4) is 0 Å². The van der Waals surface area contributed by atoms with Crippen LogP contribution in [0.4, 0.5) is 5.69 Å². The van der Waals surface area contributed by atoms with Crippen LogP contribution >= 0.6 is 15.9 Å². The highest BCUT2D eigenvalue weighted by molar-refractivity contribution is 9.10. The second-order valence-electron chi connectivity index (χ2n) is 5.32. The summed E-state index contributed by atoms with van der Waals surface area (Å²) in [6.45, 7) is 1.27. The van der Waals surface area contributed by atoms with Gasteiger partial charge in [0, 0.05) is 27.2 Å². The number of carbonyl (C=O) groups excluding carboxylic acids is 2. The van der Waals surface area contributed by atoms with Crippen LogP contribution in [0.1, 0.15) is 20.9 Å². The van der Waals surface area contributed by atoms with E-state index in [4.69, 9.17) is 4.42 Å². The van der Waals surface area contributed by atoms with Gasteiger partial charge in [-0.05, 0) is 47.2 Å². The maximum absolute atomic E-state index is 12.7. The van der Waals surface area contributed by atoms with Gasteiger partial charge in [-0.15, -0.1) is 0 Å². The maximum atomic E-state index is 12.7. The minimum Gasteiger partial charge on any atom is -0.444 e. The van der Waals surface area contributed by atoms with Gasteiger partial charge in [0.05, 0.1) is 11.3 Å². The van der Waals surface area contributed by atoms with Crippen LogP contribution in [0.15, 0.2) is 45.5 Å². The quantitative estimate of drug-likeness (QED) is 0.818. The lowest BCUT2D eigenvalue weighted by molar-refractivity contribution is 0.0797. The highest BCUT2D eigenvalue weighted by atomic mass is 79.9. The summed E-state index contributed by atoms with van der Waals surface area (Å²) in [5, 5.41) is 3.01. The van der Waals surface area contributed by atoms with E-state index < -0.39 is 0 Å². The Hall–Kier alpha value is -2.12. The molecule has 24 heavy (non-hydrogen) atoms. The number of para-hydroxylation sites is 1. The summed E-state index contributed by atoms with van der Waals surface area (Å²) in [6, 6.07) is 10.3. The largest absolute Gasteiger partial charge is 0.444 e. The number of nitrogens with zero attached hydrogens (tertiary/aromatic N) is 2. The fraction of sp³-hybridized carbons (Fsp3) is 0.294. The van der Waals surface area contributed by atoms with Crippen LogP contribution < -0.4 is 10.2 Å². The lowest BCUT2D eigenvalue weighted by atomic mass is 10.1. The summed E-state index contributed by atoms with van der Waals surface area (Å²) >= 11 is 3.18. The first-order valence-electron chi connectivity index (χ1n) is 7.48. The van der Waals surface area contributed by atoms with Crippen molar-refractivity contribution in [3.63, 3.8) is 0 Å². The van der Waals surface area contributed by atoms with E-state index in [0.717, 1.165) is 0 Å². The molecule has 1 aromatic heterocycles. The average molecular weight is 394 g/mol. The molecule has 0 unspecified atom stereocenters. The minimum absolute atomic E-state index is 0.138. The molecule has 0 aliphatic heterocycles. The van der Waals surface area contributed by atoms with Crippen LogP contribution in [-0.2, 0) is 0 Å².